The summed E-state index contributed by atoms with van der Waals surface area (Å²) < 4.78 is 0. The Hall–Kier alpha value is -1.62. The first-order valence-corrected chi connectivity index (χ1v) is 7.01. The Balaban J connectivity index is 1.91. The number of piperazine rings is 1. The Bertz CT molecular complexity index is 398. The van der Waals surface area contributed by atoms with Gasteiger partial charge in [-0.25, -0.2) is 4.98 Å². The molecule has 1 aromatic rings. The number of hydrogen-bond donors (Lipinski definition) is 2. The van der Waals surface area contributed by atoms with E-state index in [0.29, 0.717) is 5.56 Å². The summed E-state index contributed by atoms with van der Waals surface area (Å²) >= 11 is 0. The zero-order valence-corrected chi connectivity index (χ0v) is 11.5. The van der Waals surface area contributed by atoms with E-state index in [1.165, 1.54) is 0 Å². The van der Waals surface area contributed by atoms with Crippen LogP contribution in [-0.2, 0) is 0 Å². The Morgan fingerprint density at radius 2 is 2.21 bits per heavy atom. The number of nitrogens with zero attached hydrogens (tertiary/aromatic N) is 2. The molecule has 0 spiro atoms. The smallest absolute Gasteiger partial charge is 0.252 e. The second-order valence-electron chi connectivity index (χ2n) is 4.75. The molecule has 1 aliphatic rings. The van der Waals surface area contributed by atoms with Crippen LogP contribution in [0.15, 0.2) is 18.3 Å². The number of carbonyl (C=O) groups is 1. The second kappa shape index (κ2) is 7.09. The van der Waals surface area contributed by atoms with Gasteiger partial charge in [-0.1, -0.05) is 13.3 Å². The summed E-state index contributed by atoms with van der Waals surface area (Å²) in [6, 6.07) is 3.78. The van der Waals surface area contributed by atoms with Crippen LogP contribution < -0.4 is 15.5 Å². The van der Waals surface area contributed by atoms with Gasteiger partial charge in [-0.3, -0.25) is 4.79 Å². The van der Waals surface area contributed by atoms with E-state index in [1.54, 1.807) is 6.20 Å². The van der Waals surface area contributed by atoms with Crippen LogP contribution in [0.4, 0.5) is 5.82 Å². The molecule has 5 nitrogen and oxygen atoms in total. The molecule has 0 radical (unpaired) electrons. The number of rotatable bonds is 5. The van der Waals surface area contributed by atoms with E-state index in [2.05, 4.69) is 27.4 Å². The molecule has 2 N–H and O–H groups in total. The van der Waals surface area contributed by atoms with Crippen molar-refractivity contribution in [3.63, 3.8) is 0 Å². The zero-order valence-electron chi connectivity index (χ0n) is 11.5. The molecule has 0 unspecified atom stereocenters. The van der Waals surface area contributed by atoms with Crippen molar-refractivity contribution in [2.45, 2.75) is 19.8 Å². The molecule has 0 aliphatic carbocycles. The number of hydrogen-bond acceptors (Lipinski definition) is 4. The lowest BCUT2D eigenvalue weighted by Crippen LogP contribution is -2.43. The first-order valence-electron chi connectivity index (χ1n) is 7.01. The van der Waals surface area contributed by atoms with Gasteiger partial charge >= 0.3 is 0 Å². The average molecular weight is 262 g/mol. The molecular formula is C14H22N4O. The van der Waals surface area contributed by atoms with E-state index in [0.717, 1.165) is 51.4 Å². The monoisotopic (exact) mass is 262 g/mol. The van der Waals surface area contributed by atoms with Gasteiger partial charge in [-0.05, 0) is 18.6 Å². The summed E-state index contributed by atoms with van der Waals surface area (Å²) in [5.74, 6) is 0.916. The molecule has 0 saturated carbocycles. The third kappa shape index (κ3) is 3.92. The molecule has 0 atom stereocenters. The molecule has 0 bridgehead atoms. The van der Waals surface area contributed by atoms with E-state index < -0.39 is 0 Å². The van der Waals surface area contributed by atoms with Crippen molar-refractivity contribution in [3.8, 4) is 0 Å². The SMILES string of the molecule is CCCCNC(=O)c1ccc(N2CCNCC2)nc1. The number of carbonyl (C=O) groups excluding carboxylic acids is 1. The van der Waals surface area contributed by atoms with Crippen molar-refractivity contribution in [3.05, 3.63) is 23.9 Å². The van der Waals surface area contributed by atoms with Crippen LogP contribution in [0.3, 0.4) is 0 Å². The van der Waals surface area contributed by atoms with Crippen molar-refractivity contribution >= 4 is 11.7 Å². The summed E-state index contributed by atoms with van der Waals surface area (Å²) in [7, 11) is 0. The van der Waals surface area contributed by atoms with Gasteiger partial charge in [0.05, 0.1) is 5.56 Å². The van der Waals surface area contributed by atoms with Crippen LogP contribution in [0.1, 0.15) is 30.1 Å². The van der Waals surface area contributed by atoms with E-state index in [-0.39, 0.29) is 5.91 Å². The normalized spacial score (nSPS) is 15.3. The molecule has 1 aliphatic heterocycles. The van der Waals surface area contributed by atoms with E-state index in [4.69, 9.17) is 0 Å². The number of amides is 1. The summed E-state index contributed by atoms with van der Waals surface area (Å²) in [4.78, 5) is 18.5. The van der Waals surface area contributed by atoms with Crippen LogP contribution in [0.5, 0.6) is 0 Å². The molecule has 19 heavy (non-hydrogen) atoms. The minimum Gasteiger partial charge on any atom is -0.354 e. The molecule has 1 fully saturated rings. The fourth-order valence-electron chi connectivity index (χ4n) is 2.08. The van der Waals surface area contributed by atoms with Crippen LogP contribution in [0, 0.1) is 0 Å². The lowest BCUT2D eigenvalue weighted by molar-refractivity contribution is 0.0953. The third-order valence-electron chi connectivity index (χ3n) is 3.27. The number of unbranched alkanes of at least 4 members (excludes halogenated alkanes) is 1. The van der Waals surface area contributed by atoms with Crippen LogP contribution in [-0.4, -0.2) is 43.6 Å². The fraction of sp³-hybridized carbons (Fsp3) is 0.571. The standard InChI is InChI=1S/C14H22N4O/c1-2-3-6-16-14(19)12-4-5-13(17-11-12)18-9-7-15-8-10-18/h4-5,11,15H,2-3,6-10H2,1H3,(H,16,19). The number of aromatic nitrogens is 1. The first kappa shape index (κ1) is 13.8. The molecule has 2 rings (SSSR count). The zero-order chi connectivity index (χ0) is 13.5. The highest BCUT2D eigenvalue weighted by molar-refractivity contribution is 5.94. The van der Waals surface area contributed by atoms with Gasteiger partial charge in [0.2, 0.25) is 0 Å². The molecule has 1 aromatic heterocycles. The fourth-order valence-corrected chi connectivity index (χ4v) is 2.08. The molecule has 0 aromatic carbocycles. The van der Waals surface area contributed by atoms with Crippen molar-refractivity contribution < 1.29 is 4.79 Å². The summed E-state index contributed by atoms with van der Waals surface area (Å²) in [6.07, 6.45) is 3.76. The Morgan fingerprint density at radius 1 is 1.42 bits per heavy atom. The highest BCUT2D eigenvalue weighted by atomic mass is 16.1. The number of anilines is 1. The quantitative estimate of drug-likeness (QED) is 0.778. The summed E-state index contributed by atoms with van der Waals surface area (Å²) in [5.41, 5.74) is 0.634. The van der Waals surface area contributed by atoms with E-state index in [9.17, 15) is 4.79 Å². The topological polar surface area (TPSA) is 57.3 Å². The van der Waals surface area contributed by atoms with E-state index in [1.807, 2.05) is 12.1 Å². The lowest BCUT2D eigenvalue weighted by Gasteiger charge is -2.28. The second-order valence-corrected chi connectivity index (χ2v) is 4.75. The summed E-state index contributed by atoms with van der Waals surface area (Å²) in [5, 5.41) is 6.21. The molecule has 1 amide bonds. The maximum Gasteiger partial charge on any atom is 0.252 e. The molecule has 1 saturated heterocycles. The van der Waals surface area contributed by atoms with Crippen molar-refractivity contribution in [1.29, 1.82) is 0 Å². The Kier molecular flexibility index (Phi) is 5.15. The maximum absolute atomic E-state index is 11.8. The van der Waals surface area contributed by atoms with Gasteiger partial charge < -0.3 is 15.5 Å². The third-order valence-corrected chi connectivity index (χ3v) is 3.27. The molecule has 104 valence electrons. The van der Waals surface area contributed by atoms with Crippen molar-refractivity contribution in [1.82, 2.24) is 15.6 Å². The lowest BCUT2D eigenvalue weighted by atomic mass is 10.2. The predicted octanol–water partition coefficient (Wildman–Crippen LogP) is 1.02. The van der Waals surface area contributed by atoms with Gasteiger partial charge in [0.15, 0.2) is 0 Å². The van der Waals surface area contributed by atoms with Gasteiger partial charge in [-0.2, -0.15) is 0 Å². The Labute approximate surface area is 114 Å². The largest absolute Gasteiger partial charge is 0.354 e. The highest BCUT2D eigenvalue weighted by Crippen LogP contribution is 2.11. The first-order chi connectivity index (χ1) is 9.31. The van der Waals surface area contributed by atoms with Crippen molar-refractivity contribution in [2.75, 3.05) is 37.6 Å². The van der Waals surface area contributed by atoms with Gasteiger partial charge in [0, 0.05) is 38.9 Å². The van der Waals surface area contributed by atoms with Crippen LogP contribution >= 0.6 is 0 Å². The number of pyridine rings is 1. The van der Waals surface area contributed by atoms with Crippen LogP contribution in [0.25, 0.3) is 0 Å². The van der Waals surface area contributed by atoms with Crippen LogP contribution in [0.2, 0.25) is 0 Å². The van der Waals surface area contributed by atoms with E-state index >= 15 is 0 Å². The molecular weight excluding hydrogens is 240 g/mol. The van der Waals surface area contributed by atoms with Gasteiger partial charge in [0.1, 0.15) is 5.82 Å². The molecule has 5 heteroatoms. The highest BCUT2D eigenvalue weighted by Gasteiger charge is 2.12. The summed E-state index contributed by atoms with van der Waals surface area (Å²) in [6.45, 7) is 6.75. The minimum atomic E-state index is -0.0344. The minimum absolute atomic E-state index is 0.0344. The van der Waals surface area contributed by atoms with Gasteiger partial charge in [0.25, 0.3) is 5.91 Å². The maximum atomic E-state index is 11.8. The van der Waals surface area contributed by atoms with Gasteiger partial charge in [-0.15, -0.1) is 0 Å². The Morgan fingerprint density at radius 3 is 2.84 bits per heavy atom. The average Bonchev–Trinajstić information content (AvgIpc) is 2.48. The van der Waals surface area contributed by atoms with Crippen molar-refractivity contribution in [2.24, 2.45) is 0 Å². The predicted molar refractivity (Wildman–Crippen MR) is 76.6 cm³/mol. The molecule has 2 heterocycles. The number of nitrogens with one attached hydrogen (secondary N) is 2.